The second-order valence-corrected chi connectivity index (χ2v) is 9.55. The molecule has 0 unspecified atom stereocenters. The van der Waals surface area contributed by atoms with E-state index >= 15 is 0 Å². The average Bonchev–Trinajstić information content (AvgIpc) is 2.71. The van der Waals surface area contributed by atoms with Crippen LogP contribution in [-0.2, 0) is 23.4 Å². The fourth-order valence-corrected chi connectivity index (χ4v) is 4.26. The maximum Gasteiger partial charge on any atom is 0.469 e. The molecule has 8 heteroatoms. The Labute approximate surface area is 188 Å². The third kappa shape index (κ3) is 16.6. The molecule has 2 N–H and O–H groups in total. The molecule has 0 radical (unpaired) electrons. The lowest BCUT2D eigenvalue weighted by Gasteiger charge is -2.30. The molecule has 1 saturated heterocycles. The first-order chi connectivity index (χ1) is 14.9. The van der Waals surface area contributed by atoms with E-state index in [0.717, 1.165) is 32.1 Å². The minimum atomic E-state index is -4.62. The average molecular weight is 463 g/mol. The minimum Gasteiger partial charge on any atom is -0.457 e. The fourth-order valence-electron chi connectivity index (χ4n) is 3.67. The first-order valence-corrected chi connectivity index (χ1v) is 13.6. The predicted molar refractivity (Wildman–Crippen MR) is 122 cm³/mol. The van der Waals surface area contributed by atoms with Gasteiger partial charge in [0.2, 0.25) is 0 Å². The summed E-state index contributed by atoms with van der Waals surface area (Å²) in [6, 6.07) is 0. The van der Waals surface area contributed by atoms with Crippen molar-refractivity contribution in [2.45, 2.75) is 115 Å². The van der Waals surface area contributed by atoms with Crippen LogP contribution >= 0.6 is 7.82 Å². The molecule has 0 saturated carbocycles. The second-order valence-electron chi connectivity index (χ2n) is 8.36. The van der Waals surface area contributed by atoms with Crippen LogP contribution in [0.1, 0.15) is 103 Å². The van der Waals surface area contributed by atoms with E-state index in [-0.39, 0.29) is 19.0 Å². The Bertz CT molecular complexity index is 532. The summed E-state index contributed by atoms with van der Waals surface area (Å²) < 4.78 is 26.3. The molecule has 31 heavy (non-hydrogen) atoms. The van der Waals surface area contributed by atoms with Crippen LogP contribution in [0, 0.1) is 0 Å². The van der Waals surface area contributed by atoms with Gasteiger partial charge in [-0.05, 0) is 32.1 Å². The lowest BCUT2D eigenvalue weighted by atomic mass is 10.1. The topological polar surface area (TPSA) is 102 Å². The number of carbonyl (C=O) groups is 1. The number of phosphoric ester groups is 1. The Kier molecular flexibility index (Phi) is 16.2. The van der Waals surface area contributed by atoms with Gasteiger partial charge in [0.15, 0.2) is 6.10 Å². The minimum absolute atomic E-state index is 0.1000. The normalized spacial score (nSPS) is 19.7. The molecule has 0 aromatic carbocycles. The molecule has 1 aliphatic heterocycles. The van der Waals surface area contributed by atoms with Gasteiger partial charge in [0.25, 0.3) is 0 Å². The summed E-state index contributed by atoms with van der Waals surface area (Å²) in [5, 5.41) is 0. The monoisotopic (exact) mass is 462 g/mol. The maximum atomic E-state index is 12.0. The first-order valence-electron chi connectivity index (χ1n) is 12.1. The fraction of sp³-hybridized carbons (Fsp3) is 0.870. The lowest BCUT2D eigenvalue weighted by Crippen LogP contribution is -2.41. The van der Waals surface area contributed by atoms with E-state index in [0.29, 0.717) is 13.0 Å². The second kappa shape index (κ2) is 17.8. The summed E-state index contributed by atoms with van der Waals surface area (Å²) in [5.74, 6) is -0.368. The molecule has 0 aliphatic carbocycles. The van der Waals surface area contributed by atoms with Gasteiger partial charge in [-0.15, -0.1) is 0 Å². The Hall–Kier alpha value is -0.720. The highest BCUT2D eigenvalue weighted by Gasteiger charge is 2.34. The van der Waals surface area contributed by atoms with Crippen LogP contribution in [0.4, 0.5) is 0 Å². The molecular formula is C23H43O7P. The largest absolute Gasteiger partial charge is 0.469 e. The van der Waals surface area contributed by atoms with Gasteiger partial charge in [-0.2, -0.15) is 0 Å². The van der Waals surface area contributed by atoms with Gasteiger partial charge in [0.1, 0.15) is 6.10 Å². The molecule has 2 atom stereocenters. The van der Waals surface area contributed by atoms with Crippen molar-refractivity contribution >= 4 is 13.8 Å². The van der Waals surface area contributed by atoms with Crippen molar-refractivity contribution < 1.29 is 33.1 Å². The molecule has 182 valence electrons. The van der Waals surface area contributed by atoms with E-state index in [1.165, 1.54) is 51.4 Å². The number of phosphoric acid groups is 1. The van der Waals surface area contributed by atoms with E-state index in [2.05, 4.69) is 19.1 Å². The lowest BCUT2D eigenvalue weighted by molar-refractivity contribution is -0.166. The summed E-state index contributed by atoms with van der Waals surface area (Å²) in [6.45, 7) is 2.67. The van der Waals surface area contributed by atoms with Gasteiger partial charge < -0.3 is 19.3 Å². The zero-order valence-corrected chi connectivity index (χ0v) is 20.1. The quantitative estimate of drug-likeness (QED) is 0.114. The number of hydrogen-bond donors (Lipinski definition) is 2. The molecule has 0 aromatic heterocycles. The maximum absolute atomic E-state index is 12.0. The van der Waals surface area contributed by atoms with Crippen LogP contribution in [0.3, 0.4) is 0 Å². The Balaban J connectivity index is 1.98. The van der Waals surface area contributed by atoms with Crippen LogP contribution in [-0.4, -0.2) is 41.2 Å². The molecule has 0 spiro atoms. The van der Waals surface area contributed by atoms with Crippen molar-refractivity contribution in [3.63, 3.8) is 0 Å². The number of rotatable bonds is 18. The molecule has 1 aliphatic rings. The Morgan fingerprint density at radius 2 is 1.52 bits per heavy atom. The van der Waals surface area contributed by atoms with Crippen molar-refractivity contribution in [1.29, 1.82) is 0 Å². The van der Waals surface area contributed by atoms with Gasteiger partial charge in [-0.25, -0.2) is 4.57 Å². The molecule has 1 rings (SSSR count). The SMILES string of the molecule is CCCCCCCC/C=C/CCCCCCCC(=O)O[C@H]1COCC[C@@H]1OP(=O)(O)O. The highest BCUT2D eigenvalue weighted by Crippen LogP contribution is 2.40. The third-order valence-electron chi connectivity index (χ3n) is 5.44. The van der Waals surface area contributed by atoms with Gasteiger partial charge in [-0.1, -0.05) is 70.4 Å². The number of carbonyl (C=O) groups excluding carboxylic acids is 1. The summed E-state index contributed by atoms with van der Waals surface area (Å²) in [5.41, 5.74) is 0. The summed E-state index contributed by atoms with van der Waals surface area (Å²) in [7, 11) is -4.62. The van der Waals surface area contributed by atoms with E-state index < -0.39 is 20.0 Å². The number of hydrogen-bond acceptors (Lipinski definition) is 5. The van der Waals surface area contributed by atoms with Gasteiger partial charge in [-0.3, -0.25) is 9.32 Å². The van der Waals surface area contributed by atoms with E-state index in [9.17, 15) is 9.36 Å². The standard InChI is InChI=1S/C23H43O7P/c1-2-3-4-5-6-7-8-9-10-11-12-13-14-15-16-17-23(24)29-22-20-28-19-18-21(22)30-31(25,26)27/h9-10,21-22H,2-8,11-20H2,1H3,(H2,25,26,27)/b10-9+/t21-,22-/m0/s1. The number of unbranched alkanes of at least 4 members (excludes halogenated alkanes) is 11. The Morgan fingerprint density at radius 3 is 2.13 bits per heavy atom. The number of allylic oxidation sites excluding steroid dienone is 2. The highest BCUT2D eigenvalue weighted by atomic mass is 31.2. The smallest absolute Gasteiger partial charge is 0.457 e. The van der Waals surface area contributed by atoms with E-state index in [1.807, 2.05) is 0 Å². The summed E-state index contributed by atoms with van der Waals surface area (Å²) >= 11 is 0. The molecule has 7 nitrogen and oxygen atoms in total. The zero-order chi connectivity index (χ0) is 22.8. The van der Waals surface area contributed by atoms with Crippen LogP contribution in [0.25, 0.3) is 0 Å². The van der Waals surface area contributed by atoms with Crippen molar-refractivity contribution in [3.8, 4) is 0 Å². The molecular weight excluding hydrogens is 419 g/mol. The number of ether oxygens (including phenoxy) is 2. The van der Waals surface area contributed by atoms with Gasteiger partial charge in [0.05, 0.1) is 6.61 Å². The van der Waals surface area contributed by atoms with Crippen LogP contribution < -0.4 is 0 Å². The molecule has 0 bridgehead atoms. The van der Waals surface area contributed by atoms with E-state index in [1.54, 1.807) is 0 Å². The first kappa shape index (κ1) is 28.3. The molecule has 1 fully saturated rings. The molecule has 1 heterocycles. The van der Waals surface area contributed by atoms with Crippen LogP contribution in [0.2, 0.25) is 0 Å². The van der Waals surface area contributed by atoms with Crippen molar-refractivity contribution in [2.24, 2.45) is 0 Å². The highest BCUT2D eigenvalue weighted by molar-refractivity contribution is 7.46. The predicted octanol–water partition coefficient (Wildman–Crippen LogP) is 5.83. The van der Waals surface area contributed by atoms with Gasteiger partial charge >= 0.3 is 13.8 Å². The summed E-state index contributed by atoms with van der Waals surface area (Å²) in [6.07, 6.45) is 19.1. The summed E-state index contributed by atoms with van der Waals surface area (Å²) in [4.78, 5) is 30.0. The van der Waals surface area contributed by atoms with Crippen LogP contribution in [0.15, 0.2) is 12.2 Å². The van der Waals surface area contributed by atoms with Crippen molar-refractivity contribution in [1.82, 2.24) is 0 Å². The molecule has 0 amide bonds. The third-order valence-corrected chi connectivity index (χ3v) is 5.99. The molecule has 0 aromatic rings. The van der Waals surface area contributed by atoms with Gasteiger partial charge in [0, 0.05) is 19.4 Å². The van der Waals surface area contributed by atoms with Crippen molar-refractivity contribution in [2.75, 3.05) is 13.2 Å². The Morgan fingerprint density at radius 1 is 0.935 bits per heavy atom. The van der Waals surface area contributed by atoms with Crippen LogP contribution in [0.5, 0.6) is 0 Å². The van der Waals surface area contributed by atoms with Crippen molar-refractivity contribution in [3.05, 3.63) is 12.2 Å². The van der Waals surface area contributed by atoms with E-state index in [4.69, 9.17) is 23.8 Å². The zero-order valence-electron chi connectivity index (χ0n) is 19.2. The number of esters is 1.